The number of fused-ring (bicyclic) bond motifs is 1. The van der Waals surface area contributed by atoms with Crippen LogP contribution < -0.4 is 5.73 Å². The lowest BCUT2D eigenvalue weighted by Gasteiger charge is -2.46. The first-order valence-corrected chi connectivity index (χ1v) is 18.8. The molecule has 2 fully saturated rings. The fourth-order valence-electron chi connectivity index (χ4n) is 4.85. The number of hydrogen-bond acceptors (Lipinski definition) is 7. The monoisotopic (exact) mass is 519 g/mol. The highest BCUT2D eigenvalue weighted by molar-refractivity contribution is 6.74. The zero-order chi connectivity index (χ0) is 26.0. The highest BCUT2D eigenvalue weighted by Crippen LogP contribution is 2.53. The van der Waals surface area contributed by atoms with Gasteiger partial charge in [0.2, 0.25) is 0 Å². The second-order valence-corrected chi connectivity index (χ2v) is 23.0. The molecule has 0 bridgehead atoms. The Morgan fingerprint density at radius 2 is 1.57 bits per heavy atom. The van der Waals surface area contributed by atoms with E-state index in [2.05, 4.69) is 82.7 Å². The van der Waals surface area contributed by atoms with E-state index < -0.39 is 22.2 Å². The van der Waals surface area contributed by atoms with Gasteiger partial charge >= 0.3 is 0 Å². The Hall–Kier alpha value is -1.34. The molecular formula is C25H45N5O3Si2. The molecule has 0 amide bonds. The predicted octanol–water partition coefficient (Wildman–Crippen LogP) is 6.03. The molecular weight excluding hydrogens is 474 g/mol. The van der Waals surface area contributed by atoms with E-state index in [1.165, 1.54) is 6.33 Å². The van der Waals surface area contributed by atoms with Gasteiger partial charge in [-0.25, -0.2) is 15.0 Å². The van der Waals surface area contributed by atoms with Crippen molar-refractivity contribution in [3.8, 4) is 0 Å². The number of hydrogen-bond donors (Lipinski definition) is 1. The number of nitrogen functional groups attached to an aromatic ring is 1. The van der Waals surface area contributed by atoms with Gasteiger partial charge in [0.1, 0.15) is 23.7 Å². The smallest absolute Gasteiger partial charge is 0.192 e. The first-order chi connectivity index (χ1) is 16.0. The number of aromatic nitrogens is 4. The molecule has 2 aliphatic rings. The van der Waals surface area contributed by atoms with Crippen LogP contribution >= 0.6 is 0 Å². The zero-order valence-corrected chi connectivity index (χ0v) is 25.3. The lowest BCUT2D eigenvalue weighted by molar-refractivity contribution is -0.141. The number of anilines is 1. The number of ether oxygens (including phenoxy) is 1. The summed E-state index contributed by atoms with van der Waals surface area (Å²) >= 11 is 0. The predicted molar refractivity (Wildman–Crippen MR) is 145 cm³/mol. The topological polar surface area (TPSA) is 97.3 Å². The van der Waals surface area contributed by atoms with Gasteiger partial charge in [-0.3, -0.25) is 4.57 Å². The number of nitrogens with two attached hydrogens (primary N) is 1. The number of imidazole rings is 1. The van der Waals surface area contributed by atoms with Crippen molar-refractivity contribution < 1.29 is 13.6 Å². The van der Waals surface area contributed by atoms with Gasteiger partial charge < -0.3 is 19.3 Å². The van der Waals surface area contributed by atoms with Crippen LogP contribution in [0.5, 0.6) is 0 Å². The molecule has 35 heavy (non-hydrogen) atoms. The largest absolute Gasteiger partial charge is 0.411 e. The summed E-state index contributed by atoms with van der Waals surface area (Å²) in [5, 5.41) is 0.226. The maximum absolute atomic E-state index is 7.15. The van der Waals surface area contributed by atoms with Crippen molar-refractivity contribution >= 4 is 33.6 Å². The van der Waals surface area contributed by atoms with Crippen LogP contribution in [-0.4, -0.2) is 54.0 Å². The molecule has 0 radical (unpaired) electrons. The average Bonchev–Trinajstić information content (AvgIpc) is 3.39. The molecule has 1 saturated carbocycles. The summed E-state index contributed by atoms with van der Waals surface area (Å²) in [7, 11) is -4.07. The van der Waals surface area contributed by atoms with Crippen molar-refractivity contribution in [1.29, 1.82) is 0 Å². The fourth-order valence-corrected chi connectivity index (χ4v) is 7.60. The lowest BCUT2D eigenvalue weighted by Crippen LogP contribution is -2.57. The quantitative estimate of drug-likeness (QED) is 0.482. The molecule has 2 aromatic heterocycles. The molecule has 2 aromatic rings. The minimum atomic E-state index is -2.06. The first-order valence-electron chi connectivity index (χ1n) is 12.9. The summed E-state index contributed by atoms with van der Waals surface area (Å²) in [5.74, 6) is 0.385. The van der Waals surface area contributed by atoms with Gasteiger partial charge in [0.25, 0.3) is 0 Å². The van der Waals surface area contributed by atoms with Crippen molar-refractivity contribution in [2.24, 2.45) is 0 Å². The van der Waals surface area contributed by atoms with Crippen molar-refractivity contribution in [2.75, 3.05) is 5.73 Å². The molecule has 1 unspecified atom stereocenters. The Morgan fingerprint density at radius 3 is 2.17 bits per heavy atom. The van der Waals surface area contributed by atoms with Crippen LogP contribution in [0.4, 0.5) is 5.82 Å². The molecule has 1 spiro atoms. The standard InChI is InChI=1S/C25H45N5O3Si2/c1-23(2,3)34(7,8)32-17-12-11-13-25(17)18(33-35(9,10)24(4,5)6)14-19(31-25)30-16-29-20-21(26)27-15-28-22(20)30/h15-19H,11-14H2,1-10H3,(H2,26,27,28)/t17-,18+,19-,25?/m1/s1. The van der Waals surface area contributed by atoms with Crippen molar-refractivity contribution in [2.45, 2.75) is 128 Å². The first kappa shape index (κ1) is 26.7. The van der Waals surface area contributed by atoms with Gasteiger partial charge in [0, 0.05) is 6.42 Å². The Labute approximate surface area is 212 Å². The van der Waals surface area contributed by atoms with Gasteiger partial charge in [0.05, 0.1) is 18.5 Å². The van der Waals surface area contributed by atoms with Crippen LogP contribution in [0.2, 0.25) is 36.3 Å². The van der Waals surface area contributed by atoms with Crippen LogP contribution in [0.25, 0.3) is 11.2 Å². The van der Waals surface area contributed by atoms with Crippen molar-refractivity contribution in [3.63, 3.8) is 0 Å². The van der Waals surface area contributed by atoms with E-state index in [4.69, 9.17) is 19.3 Å². The third-order valence-electron chi connectivity index (χ3n) is 9.08. The number of rotatable bonds is 5. The van der Waals surface area contributed by atoms with E-state index >= 15 is 0 Å². The Bertz CT molecular complexity index is 1080. The molecule has 0 aromatic carbocycles. The highest BCUT2D eigenvalue weighted by atomic mass is 28.4. The molecule has 4 rings (SSSR count). The molecule has 8 nitrogen and oxygen atoms in total. The van der Waals surface area contributed by atoms with Gasteiger partial charge in [0.15, 0.2) is 28.1 Å². The van der Waals surface area contributed by atoms with E-state index in [0.29, 0.717) is 17.0 Å². The summed E-state index contributed by atoms with van der Waals surface area (Å²) < 4.78 is 23.3. The van der Waals surface area contributed by atoms with E-state index in [9.17, 15) is 0 Å². The molecule has 1 aliphatic heterocycles. The zero-order valence-electron chi connectivity index (χ0n) is 23.3. The Balaban J connectivity index is 1.74. The van der Waals surface area contributed by atoms with Crippen molar-refractivity contribution in [3.05, 3.63) is 12.7 Å². The van der Waals surface area contributed by atoms with Gasteiger partial charge in [-0.1, -0.05) is 41.5 Å². The summed E-state index contributed by atoms with van der Waals surface area (Å²) in [6, 6.07) is 0. The van der Waals surface area contributed by atoms with Crippen LogP contribution in [0.1, 0.15) is 73.5 Å². The fraction of sp³-hybridized carbons (Fsp3) is 0.800. The van der Waals surface area contributed by atoms with Gasteiger partial charge in [-0.2, -0.15) is 0 Å². The summed E-state index contributed by atoms with van der Waals surface area (Å²) in [5.41, 5.74) is 6.90. The van der Waals surface area contributed by atoms with Crippen LogP contribution in [-0.2, 0) is 13.6 Å². The van der Waals surface area contributed by atoms with E-state index in [1.807, 2.05) is 4.57 Å². The highest BCUT2D eigenvalue weighted by Gasteiger charge is 2.61. The summed E-state index contributed by atoms with van der Waals surface area (Å²) in [4.78, 5) is 13.1. The molecule has 1 saturated heterocycles. The second-order valence-electron chi connectivity index (χ2n) is 13.5. The maximum Gasteiger partial charge on any atom is 0.192 e. The van der Waals surface area contributed by atoms with Crippen molar-refractivity contribution in [1.82, 2.24) is 19.5 Å². The van der Waals surface area contributed by atoms with E-state index in [1.54, 1.807) is 6.33 Å². The number of nitrogens with zero attached hydrogens (tertiary/aromatic N) is 4. The normalized spacial score (nSPS) is 28.5. The minimum absolute atomic E-state index is 0.0117. The van der Waals surface area contributed by atoms with Crippen LogP contribution in [0.3, 0.4) is 0 Å². The summed E-state index contributed by atoms with van der Waals surface area (Å²) in [6.07, 6.45) is 6.72. The van der Waals surface area contributed by atoms with E-state index in [0.717, 1.165) is 25.7 Å². The maximum atomic E-state index is 7.15. The molecule has 10 heteroatoms. The molecule has 3 heterocycles. The summed E-state index contributed by atoms with van der Waals surface area (Å²) in [6.45, 7) is 23.1. The lowest BCUT2D eigenvalue weighted by atomic mass is 9.93. The van der Waals surface area contributed by atoms with Crippen LogP contribution in [0, 0.1) is 0 Å². The van der Waals surface area contributed by atoms with Crippen LogP contribution in [0.15, 0.2) is 12.7 Å². The SMILES string of the molecule is CC(C)(C)[Si](C)(C)O[C@H]1C[C@H](n2cnc3c(N)ncnc32)OC12CCC[C@H]2O[Si](C)(C)C(C)(C)C. The second kappa shape index (κ2) is 8.61. The van der Waals surface area contributed by atoms with Gasteiger partial charge in [-0.05, 0) is 55.5 Å². The third-order valence-corrected chi connectivity index (χ3v) is 18.1. The Kier molecular flexibility index (Phi) is 6.57. The van der Waals surface area contributed by atoms with Gasteiger partial charge in [-0.15, -0.1) is 0 Å². The molecule has 196 valence electrons. The minimum Gasteiger partial charge on any atom is -0.411 e. The van der Waals surface area contributed by atoms with E-state index in [-0.39, 0.29) is 28.5 Å². The third kappa shape index (κ3) is 4.61. The molecule has 2 N–H and O–H groups in total. The molecule has 1 aliphatic carbocycles. The molecule has 4 atom stereocenters. The average molecular weight is 520 g/mol. The Morgan fingerprint density at radius 1 is 0.971 bits per heavy atom.